The highest BCUT2D eigenvalue weighted by Gasteiger charge is 2.13. The molecule has 0 aromatic heterocycles. The predicted octanol–water partition coefficient (Wildman–Crippen LogP) is 4.59. The van der Waals surface area contributed by atoms with E-state index in [1.165, 1.54) is 16.7 Å². The maximum absolute atomic E-state index is 12.3. The van der Waals surface area contributed by atoms with Crippen LogP contribution in [0.2, 0.25) is 0 Å². The lowest BCUT2D eigenvalue weighted by Gasteiger charge is -2.19. The smallest absolute Gasteiger partial charge is 0.244 e. The first-order valence-electron chi connectivity index (χ1n) is 8.24. The van der Waals surface area contributed by atoms with Crippen LogP contribution in [0, 0.1) is 13.8 Å². The molecule has 3 nitrogen and oxygen atoms in total. The standard InChI is InChI=1S/C21H25NO2/c1-5-19(18-12-10-15(2)14-16(18)3)22-21(23)13-11-17-8-6-7-9-20(17)24-4/h6-14,19H,5H2,1-4H3,(H,22,23)/b13-11+. The van der Waals surface area contributed by atoms with E-state index in [2.05, 4.69) is 44.3 Å². The Morgan fingerprint density at radius 3 is 2.62 bits per heavy atom. The summed E-state index contributed by atoms with van der Waals surface area (Å²) in [4.78, 5) is 12.3. The van der Waals surface area contributed by atoms with E-state index in [0.717, 1.165) is 17.7 Å². The van der Waals surface area contributed by atoms with Crippen molar-refractivity contribution in [1.82, 2.24) is 5.32 Å². The molecule has 0 spiro atoms. The number of hydrogen-bond acceptors (Lipinski definition) is 2. The van der Waals surface area contributed by atoms with Crippen molar-refractivity contribution in [3.8, 4) is 5.75 Å². The van der Waals surface area contributed by atoms with E-state index in [1.807, 2.05) is 24.3 Å². The van der Waals surface area contributed by atoms with Gasteiger partial charge >= 0.3 is 0 Å². The van der Waals surface area contributed by atoms with Gasteiger partial charge in [0.25, 0.3) is 0 Å². The number of methoxy groups -OCH3 is 1. The third-order valence-corrected chi connectivity index (χ3v) is 4.08. The number of amides is 1. The normalized spacial score (nSPS) is 12.2. The molecule has 24 heavy (non-hydrogen) atoms. The first-order valence-corrected chi connectivity index (χ1v) is 8.24. The Labute approximate surface area is 144 Å². The number of hydrogen-bond donors (Lipinski definition) is 1. The predicted molar refractivity (Wildman–Crippen MR) is 99.1 cm³/mol. The van der Waals surface area contributed by atoms with Crippen LogP contribution in [0.15, 0.2) is 48.5 Å². The molecule has 1 atom stereocenters. The van der Waals surface area contributed by atoms with Crippen LogP contribution in [-0.4, -0.2) is 13.0 Å². The first-order chi connectivity index (χ1) is 11.5. The Hall–Kier alpha value is -2.55. The lowest BCUT2D eigenvalue weighted by Crippen LogP contribution is -2.26. The van der Waals surface area contributed by atoms with Crippen molar-refractivity contribution in [3.05, 3.63) is 70.8 Å². The van der Waals surface area contributed by atoms with Crippen molar-refractivity contribution in [2.45, 2.75) is 33.2 Å². The van der Waals surface area contributed by atoms with Gasteiger partial charge < -0.3 is 10.1 Å². The Morgan fingerprint density at radius 1 is 1.21 bits per heavy atom. The van der Waals surface area contributed by atoms with Gasteiger partial charge in [-0.1, -0.05) is 48.9 Å². The fourth-order valence-corrected chi connectivity index (χ4v) is 2.81. The van der Waals surface area contributed by atoms with E-state index in [0.29, 0.717) is 0 Å². The monoisotopic (exact) mass is 323 g/mol. The summed E-state index contributed by atoms with van der Waals surface area (Å²) in [5, 5.41) is 3.08. The van der Waals surface area contributed by atoms with Gasteiger partial charge in [-0.2, -0.15) is 0 Å². The largest absolute Gasteiger partial charge is 0.496 e. The number of nitrogens with one attached hydrogen (secondary N) is 1. The Bertz CT molecular complexity index is 734. The zero-order valence-electron chi connectivity index (χ0n) is 14.8. The Kier molecular flexibility index (Phi) is 6.19. The average molecular weight is 323 g/mol. The molecule has 1 unspecified atom stereocenters. The first kappa shape index (κ1) is 17.8. The van der Waals surface area contributed by atoms with Crippen molar-refractivity contribution in [2.75, 3.05) is 7.11 Å². The van der Waals surface area contributed by atoms with Crippen molar-refractivity contribution >= 4 is 12.0 Å². The molecular weight excluding hydrogens is 298 g/mol. The van der Waals surface area contributed by atoms with Crippen molar-refractivity contribution < 1.29 is 9.53 Å². The molecule has 2 aromatic rings. The van der Waals surface area contributed by atoms with E-state index in [-0.39, 0.29) is 11.9 Å². The third kappa shape index (κ3) is 4.48. The molecule has 3 heteroatoms. The molecule has 2 rings (SSSR count). The molecule has 0 aliphatic heterocycles. The highest BCUT2D eigenvalue weighted by molar-refractivity contribution is 5.92. The molecule has 126 valence electrons. The minimum Gasteiger partial charge on any atom is -0.496 e. The number of aryl methyl sites for hydroxylation is 2. The summed E-state index contributed by atoms with van der Waals surface area (Å²) in [5.74, 6) is 0.649. The van der Waals surface area contributed by atoms with Crippen LogP contribution >= 0.6 is 0 Å². The lowest BCUT2D eigenvalue weighted by molar-refractivity contribution is -0.117. The quantitative estimate of drug-likeness (QED) is 0.789. The van der Waals surface area contributed by atoms with Gasteiger partial charge in [0.2, 0.25) is 5.91 Å². The van der Waals surface area contributed by atoms with Gasteiger partial charge in [0, 0.05) is 11.6 Å². The number of benzene rings is 2. The molecule has 1 N–H and O–H groups in total. The van der Waals surface area contributed by atoms with Crippen LogP contribution in [-0.2, 0) is 4.79 Å². The number of para-hydroxylation sites is 1. The number of ether oxygens (including phenoxy) is 1. The van der Waals surface area contributed by atoms with Crippen LogP contribution < -0.4 is 10.1 Å². The second-order valence-electron chi connectivity index (χ2n) is 5.90. The average Bonchev–Trinajstić information content (AvgIpc) is 2.58. The summed E-state index contributed by atoms with van der Waals surface area (Å²) in [5.41, 5.74) is 4.49. The Morgan fingerprint density at radius 2 is 1.96 bits per heavy atom. The van der Waals surface area contributed by atoms with Crippen LogP contribution in [0.4, 0.5) is 0 Å². The lowest BCUT2D eigenvalue weighted by atomic mass is 9.97. The second kappa shape index (κ2) is 8.34. The van der Waals surface area contributed by atoms with Crippen LogP contribution in [0.25, 0.3) is 6.08 Å². The number of carbonyl (C=O) groups is 1. The van der Waals surface area contributed by atoms with E-state index >= 15 is 0 Å². The maximum atomic E-state index is 12.3. The highest BCUT2D eigenvalue weighted by Crippen LogP contribution is 2.22. The van der Waals surface area contributed by atoms with Gasteiger partial charge in [0.05, 0.1) is 13.2 Å². The summed E-state index contributed by atoms with van der Waals surface area (Å²) in [6.07, 6.45) is 4.19. The molecule has 0 radical (unpaired) electrons. The van der Waals surface area contributed by atoms with Gasteiger partial charge in [-0.05, 0) is 43.5 Å². The van der Waals surface area contributed by atoms with E-state index < -0.39 is 0 Å². The van der Waals surface area contributed by atoms with Gasteiger partial charge in [-0.25, -0.2) is 0 Å². The van der Waals surface area contributed by atoms with Crippen molar-refractivity contribution in [1.29, 1.82) is 0 Å². The number of carbonyl (C=O) groups excluding carboxylic acids is 1. The minimum atomic E-state index is -0.104. The summed E-state index contributed by atoms with van der Waals surface area (Å²) < 4.78 is 5.29. The highest BCUT2D eigenvalue weighted by atomic mass is 16.5. The van der Waals surface area contributed by atoms with Gasteiger partial charge in [0.1, 0.15) is 5.75 Å². The van der Waals surface area contributed by atoms with Gasteiger partial charge in [-0.3, -0.25) is 4.79 Å². The molecular formula is C21H25NO2. The van der Waals surface area contributed by atoms with Crippen molar-refractivity contribution in [2.24, 2.45) is 0 Å². The van der Waals surface area contributed by atoms with Crippen LogP contribution in [0.3, 0.4) is 0 Å². The summed E-state index contributed by atoms with van der Waals surface area (Å²) >= 11 is 0. The molecule has 0 aliphatic rings. The molecule has 1 amide bonds. The van der Waals surface area contributed by atoms with Gasteiger partial charge in [0.15, 0.2) is 0 Å². The zero-order valence-corrected chi connectivity index (χ0v) is 14.8. The summed E-state index contributed by atoms with van der Waals surface area (Å²) in [7, 11) is 1.63. The molecule has 0 bridgehead atoms. The van der Waals surface area contributed by atoms with Gasteiger partial charge in [-0.15, -0.1) is 0 Å². The molecule has 0 saturated heterocycles. The van der Waals surface area contributed by atoms with Crippen LogP contribution in [0.1, 0.15) is 41.6 Å². The second-order valence-corrected chi connectivity index (χ2v) is 5.90. The third-order valence-electron chi connectivity index (χ3n) is 4.08. The molecule has 0 saturated carbocycles. The van der Waals surface area contributed by atoms with E-state index in [1.54, 1.807) is 19.3 Å². The maximum Gasteiger partial charge on any atom is 0.244 e. The SMILES string of the molecule is CCC(NC(=O)/C=C/c1ccccc1OC)c1ccc(C)cc1C. The fourth-order valence-electron chi connectivity index (χ4n) is 2.81. The molecule has 0 heterocycles. The fraction of sp³-hybridized carbons (Fsp3) is 0.286. The molecule has 2 aromatic carbocycles. The summed E-state index contributed by atoms with van der Waals surface area (Å²) in [6.45, 7) is 6.24. The topological polar surface area (TPSA) is 38.3 Å². The van der Waals surface area contributed by atoms with Crippen LogP contribution in [0.5, 0.6) is 5.75 Å². The van der Waals surface area contributed by atoms with Crippen molar-refractivity contribution in [3.63, 3.8) is 0 Å². The Balaban J connectivity index is 2.10. The zero-order chi connectivity index (χ0) is 17.5. The minimum absolute atomic E-state index is 0.0143. The van der Waals surface area contributed by atoms with E-state index in [9.17, 15) is 4.79 Å². The van der Waals surface area contributed by atoms with E-state index in [4.69, 9.17) is 4.74 Å². The molecule has 0 fully saturated rings. The number of rotatable bonds is 6. The molecule has 0 aliphatic carbocycles. The summed E-state index contributed by atoms with van der Waals surface area (Å²) in [6, 6.07) is 14.0.